The number of halogens is 2. The first kappa shape index (κ1) is 19.4. The highest BCUT2D eigenvalue weighted by molar-refractivity contribution is 7.92. The smallest absolute Gasteiger partial charge is 0.245 e. The molecule has 0 radical (unpaired) electrons. The Morgan fingerprint density at radius 1 is 1.16 bits per heavy atom. The van der Waals surface area contributed by atoms with Gasteiger partial charge in [0, 0.05) is 0 Å². The highest BCUT2D eigenvalue weighted by Crippen LogP contribution is 2.29. The van der Waals surface area contributed by atoms with Crippen LogP contribution in [0.15, 0.2) is 42.5 Å². The van der Waals surface area contributed by atoms with E-state index in [1.807, 2.05) is 0 Å². The van der Waals surface area contributed by atoms with Gasteiger partial charge in [0.2, 0.25) is 15.9 Å². The van der Waals surface area contributed by atoms with Crippen LogP contribution in [0.25, 0.3) is 0 Å². The maximum atomic E-state index is 12.3. The van der Waals surface area contributed by atoms with Crippen LogP contribution in [0.3, 0.4) is 0 Å². The number of hydrogen-bond acceptors (Lipinski definition) is 4. The van der Waals surface area contributed by atoms with Gasteiger partial charge in [-0.15, -0.1) is 0 Å². The molecule has 1 N–H and O–H groups in total. The van der Waals surface area contributed by atoms with Crippen LogP contribution in [0.2, 0.25) is 10.0 Å². The van der Waals surface area contributed by atoms with Gasteiger partial charge in [-0.2, -0.15) is 0 Å². The second kappa shape index (κ2) is 7.95. The summed E-state index contributed by atoms with van der Waals surface area (Å²) in [6, 6.07) is 11.1. The third kappa shape index (κ3) is 5.01. The Bertz CT molecular complexity index is 870. The number of nitrogens with one attached hydrogen (secondary N) is 1. The standard InChI is InChI=1S/C16H16Cl2N2O4S/c1-24-12-8-6-11(7-9-12)20(25(2,22)23)10-15(21)19-14-5-3-4-13(17)16(14)18/h3-9H,10H2,1-2H3,(H,19,21). The highest BCUT2D eigenvalue weighted by atomic mass is 35.5. The van der Waals surface area contributed by atoms with E-state index in [4.69, 9.17) is 27.9 Å². The van der Waals surface area contributed by atoms with Gasteiger partial charge < -0.3 is 10.1 Å². The molecular weight excluding hydrogens is 387 g/mol. The van der Waals surface area contributed by atoms with Crippen LogP contribution in [0.5, 0.6) is 5.75 Å². The summed E-state index contributed by atoms with van der Waals surface area (Å²) in [7, 11) is -2.17. The molecule has 0 atom stereocenters. The van der Waals surface area contributed by atoms with Gasteiger partial charge in [-0.25, -0.2) is 8.42 Å². The van der Waals surface area contributed by atoms with Crippen molar-refractivity contribution in [2.24, 2.45) is 0 Å². The Morgan fingerprint density at radius 2 is 1.80 bits per heavy atom. The monoisotopic (exact) mass is 402 g/mol. The van der Waals surface area contributed by atoms with Crippen molar-refractivity contribution in [3.05, 3.63) is 52.5 Å². The van der Waals surface area contributed by atoms with Crippen LogP contribution in [-0.2, 0) is 14.8 Å². The molecule has 0 aromatic heterocycles. The summed E-state index contributed by atoms with van der Waals surface area (Å²) in [5.74, 6) is 0.0257. The zero-order valence-corrected chi connectivity index (χ0v) is 15.8. The zero-order chi connectivity index (χ0) is 18.6. The van der Waals surface area contributed by atoms with E-state index >= 15 is 0 Å². The summed E-state index contributed by atoms with van der Waals surface area (Å²) < 4.78 is 30.2. The number of amides is 1. The Balaban J connectivity index is 2.22. The van der Waals surface area contributed by atoms with Gasteiger partial charge in [0.1, 0.15) is 12.3 Å². The van der Waals surface area contributed by atoms with Crippen molar-refractivity contribution in [3.63, 3.8) is 0 Å². The zero-order valence-electron chi connectivity index (χ0n) is 13.5. The molecule has 0 unspecified atom stereocenters. The Morgan fingerprint density at radius 3 is 2.36 bits per heavy atom. The predicted molar refractivity (Wildman–Crippen MR) is 100 cm³/mol. The molecule has 134 valence electrons. The first-order valence-electron chi connectivity index (χ1n) is 7.08. The molecular formula is C16H16Cl2N2O4S. The van der Waals surface area contributed by atoms with Crippen molar-refractivity contribution >= 4 is 50.5 Å². The van der Waals surface area contributed by atoms with E-state index in [1.165, 1.54) is 7.11 Å². The Kier molecular flexibility index (Phi) is 6.16. The molecule has 0 saturated heterocycles. The fraction of sp³-hybridized carbons (Fsp3) is 0.188. The van der Waals surface area contributed by atoms with E-state index in [2.05, 4.69) is 5.32 Å². The second-order valence-corrected chi connectivity index (χ2v) is 7.81. The number of sulfonamides is 1. The average Bonchev–Trinajstić information content (AvgIpc) is 2.56. The minimum atomic E-state index is -3.67. The lowest BCUT2D eigenvalue weighted by atomic mass is 10.3. The van der Waals surface area contributed by atoms with Gasteiger partial charge in [-0.3, -0.25) is 9.10 Å². The van der Waals surface area contributed by atoms with Gasteiger partial charge in [0.25, 0.3) is 0 Å². The van der Waals surface area contributed by atoms with Crippen molar-refractivity contribution in [3.8, 4) is 5.75 Å². The Labute approximate surface area is 156 Å². The van der Waals surface area contributed by atoms with Gasteiger partial charge in [0.05, 0.1) is 34.8 Å². The normalized spacial score (nSPS) is 11.0. The van der Waals surface area contributed by atoms with E-state index < -0.39 is 22.5 Å². The highest BCUT2D eigenvalue weighted by Gasteiger charge is 2.21. The van der Waals surface area contributed by atoms with Gasteiger partial charge in [0.15, 0.2) is 0 Å². The lowest BCUT2D eigenvalue weighted by Crippen LogP contribution is -2.37. The number of methoxy groups -OCH3 is 1. The van der Waals surface area contributed by atoms with Gasteiger partial charge in [-0.05, 0) is 36.4 Å². The number of carbonyl (C=O) groups excluding carboxylic acids is 1. The van der Waals surface area contributed by atoms with E-state index in [0.29, 0.717) is 17.1 Å². The average molecular weight is 403 g/mol. The summed E-state index contributed by atoms with van der Waals surface area (Å²) in [6.45, 7) is -0.409. The third-order valence-electron chi connectivity index (χ3n) is 3.27. The molecule has 25 heavy (non-hydrogen) atoms. The number of ether oxygens (including phenoxy) is 1. The summed E-state index contributed by atoms with van der Waals surface area (Å²) in [6.07, 6.45) is 1.02. The molecule has 0 heterocycles. The molecule has 0 saturated carbocycles. The maximum Gasteiger partial charge on any atom is 0.245 e. The summed E-state index contributed by atoms with van der Waals surface area (Å²) in [4.78, 5) is 12.3. The molecule has 0 spiro atoms. The fourth-order valence-electron chi connectivity index (χ4n) is 2.07. The van der Waals surface area contributed by atoms with E-state index in [1.54, 1.807) is 42.5 Å². The first-order valence-corrected chi connectivity index (χ1v) is 9.68. The fourth-order valence-corrected chi connectivity index (χ4v) is 3.27. The van der Waals surface area contributed by atoms with E-state index in [9.17, 15) is 13.2 Å². The lowest BCUT2D eigenvalue weighted by molar-refractivity contribution is -0.114. The minimum Gasteiger partial charge on any atom is -0.497 e. The van der Waals surface area contributed by atoms with Crippen molar-refractivity contribution in [1.29, 1.82) is 0 Å². The molecule has 2 aromatic rings. The molecule has 0 aliphatic carbocycles. The molecule has 0 fully saturated rings. The topological polar surface area (TPSA) is 75.7 Å². The summed E-state index contributed by atoms with van der Waals surface area (Å²) >= 11 is 11.9. The molecule has 2 rings (SSSR count). The predicted octanol–water partition coefficient (Wildman–Crippen LogP) is 3.41. The molecule has 0 aliphatic heterocycles. The van der Waals surface area contributed by atoms with Crippen LogP contribution in [0, 0.1) is 0 Å². The molecule has 0 bridgehead atoms. The van der Waals surface area contributed by atoms with Gasteiger partial charge >= 0.3 is 0 Å². The van der Waals surface area contributed by atoms with Gasteiger partial charge in [-0.1, -0.05) is 29.3 Å². The SMILES string of the molecule is COc1ccc(N(CC(=O)Nc2cccc(Cl)c2Cl)S(C)(=O)=O)cc1. The van der Waals surface area contributed by atoms with E-state index in [-0.39, 0.29) is 10.0 Å². The van der Waals surface area contributed by atoms with Crippen LogP contribution in [-0.4, -0.2) is 34.2 Å². The number of rotatable bonds is 6. The lowest BCUT2D eigenvalue weighted by Gasteiger charge is -2.22. The molecule has 0 aliphatic rings. The minimum absolute atomic E-state index is 0.188. The molecule has 2 aromatic carbocycles. The van der Waals surface area contributed by atoms with Crippen LogP contribution in [0.1, 0.15) is 0 Å². The van der Waals surface area contributed by atoms with Crippen molar-refractivity contribution < 1.29 is 17.9 Å². The number of nitrogens with zero attached hydrogens (tertiary/aromatic N) is 1. The largest absolute Gasteiger partial charge is 0.497 e. The first-order chi connectivity index (χ1) is 11.7. The van der Waals surface area contributed by atoms with E-state index in [0.717, 1.165) is 10.6 Å². The number of anilines is 2. The molecule has 9 heteroatoms. The molecule has 6 nitrogen and oxygen atoms in total. The van der Waals surface area contributed by atoms with Crippen LogP contribution >= 0.6 is 23.2 Å². The van der Waals surface area contributed by atoms with Crippen molar-refractivity contribution in [2.45, 2.75) is 0 Å². The number of carbonyl (C=O) groups is 1. The third-order valence-corrected chi connectivity index (χ3v) is 5.23. The number of hydrogen-bond donors (Lipinski definition) is 1. The second-order valence-electron chi connectivity index (χ2n) is 5.12. The summed E-state index contributed by atoms with van der Waals surface area (Å²) in [5, 5.41) is 3.03. The maximum absolute atomic E-state index is 12.3. The molecule has 1 amide bonds. The quantitative estimate of drug-likeness (QED) is 0.802. The van der Waals surface area contributed by atoms with Crippen LogP contribution in [0.4, 0.5) is 11.4 Å². The van der Waals surface area contributed by atoms with Crippen molar-refractivity contribution in [1.82, 2.24) is 0 Å². The Hall–Kier alpha value is -1.96. The summed E-state index contributed by atoms with van der Waals surface area (Å²) in [5.41, 5.74) is 0.651. The number of benzene rings is 2. The van der Waals surface area contributed by atoms with Crippen molar-refractivity contribution in [2.75, 3.05) is 29.5 Å². The van der Waals surface area contributed by atoms with Crippen LogP contribution < -0.4 is 14.4 Å².